The normalized spacial score (nSPS) is 12.9. The molecule has 0 amide bonds. The van der Waals surface area contributed by atoms with Crippen molar-refractivity contribution < 1.29 is 5.21 Å². The van der Waals surface area contributed by atoms with Gasteiger partial charge in [-0.1, -0.05) is 13.8 Å². The van der Waals surface area contributed by atoms with Gasteiger partial charge < -0.3 is 5.73 Å². The maximum Gasteiger partial charge on any atom is 0.237 e. The summed E-state index contributed by atoms with van der Waals surface area (Å²) in [7, 11) is 0. The minimum Gasteiger partial charge on any atom is -0.367 e. The second kappa shape index (κ2) is 5.67. The van der Waals surface area contributed by atoms with Crippen LogP contribution in [-0.2, 0) is 0 Å². The molecule has 0 rings (SSSR count). The van der Waals surface area contributed by atoms with Gasteiger partial charge in [0.25, 0.3) is 0 Å². The maximum atomic E-state index is 8.16. The van der Waals surface area contributed by atoms with Crippen molar-refractivity contribution in [2.24, 2.45) is 21.9 Å². The first-order valence-corrected chi connectivity index (χ1v) is 3.42. The molecule has 0 spiro atoms. The number of nitrogens with two attached hydrogens (primary N) is 1. The van der Waals surface area contributed by atoms with E-state index in [0.29, 0.717) is 5.92 Å². The van der Waals surface area contributed by atoms with Crippen molar-refractivity contribution in [3.63, 3.8) is 0 Å². The summed E-state index contributed by atoms with van der Waals surface area (Å²) in [5, 5.41) is 15.2. The van der Waals surface area contributed by atoms with E-state index in [9.17, 15) is 0 Å². The Balaban J connectivity index is 3.59. The van der Waals surface area contributed by atoms with Crippen LogP contribution in [0.5, 0.6) is 0 Å². The van der Waals surface area contributed by atoms with E-state index < -0.39 is 0 Å². The van der Waals surface area contributed by atoms with Crippen LogP contribution in [0.15, 0.2) is 10.2 Å². The summed E-state index contributed by atoms with van der Waals surface area (Å²) >= 11 is 0. The Hall–Kier alpha value is -1.10. The maximum absolute atomic E-state index is 8.16. The molecule has 0 unspecified atom stereocenters. The number of rotatable bonds is 3. The van der Waals surface area contributed by atoms with Gasteiger partial charge in [-0.2, -0.15) is 5.10 Å². The van der Waals surface area contributed by atoms with Crippen LogP contribution < -0.4 is 11.2 Å². The monoisotopic (exact) mass is 158 g/mol. The second-order valence-corrected chi connectivity index (χ2v) is 2.52. The molecule has 0 bridgehead atoms. The van der Waals surface area contributed by atoms with Gasteiger partial charge in [0.05, 0.1) is 0 Å². The molecule has 0 atom stereocenters. The summed E-state index contributed by atoms with van der Waals surface area (Å²) in [6.45, 7) is 4.15. The zero-order valence-corrected chi connectivity index (χ0v) is 6.78. The van der Waals surface area contributed by atoms with Crippen molar-refractivity contribution in [1.82, 2.24) is 5.48 Å². The molecule has 5 heteroatoms. The van der Waals surface area contributed by atoms with Gasteiger partial charge in [-0.15, -0.1) is 5.10 Å². The van der Waals surface area contributed by atoms with Gasteiger partial charge in [0.15, 0.2) is 0 Å². The van der Waals surface area contributed by atoms with E-state index in [2.05, 4.69) is 24.1 Å². The first kappa shape index (κ1) is 9.90. The van der Waals surface area contributed by atoms with E-state index in [0.717, 1.165) is 6.42 Å². The van der Waals surface area contributed by atoms with Gasteiger partial charge in [-0.25, -0.2) is 5.48 Å². The molecule has 0 radical (unpaired) electrons. The van der Waals surface area contributed by atoms with E-state index in [1.165, 1.54) is 0 Å². The van der Waals surface area contributed by atoms with Crippen LogP contribution in [0.3, 0.4) is 0 Å². The van der Waals surface area contributed by atoms with Crippen molar-refractivity contribution in [2.45, 2.75) is 20.3 Å². The number of hydroxylamine groups is 1. The fourth-order valence-corrected chi connectivity index (χ4v) is 0.383. The Morgan fingerprint density at radius 2 is 2.36 bits per heavy atom. The highest BCUT2D eigenvalue weighted by Gasteiger charge is 1.87. The molecular formula is C6H14N4O. The third-order valence-electron chi connectivity index (χ3n) is 0.938. The Labute approximate surface area is 66.0 Å². The Morgan fingerprint density at radius 1 is 1.73 bits per heavy atom. The fourth-order valence-electron chi connectivity index (χ4n) is 0.383. The quantitative estimate of drug-likeness (QED) is 0.314. The second-order valence-electron chi connectivity index (χ2n) is 2.52. The molecular weight excluding hydrogens is 144 g/mol. The van der Waals surface area contributed by atoms with Crippen molar-refractivity contribution in [2.75, 3.05) is 0 Å². The molecule has 0 aromatic carbocycles. The molecule has 4 N–H and O–H groups in total. The van der Waals surface area contributed by atoms with Crippen LogP contribution in [0, 0.1) is 5.92 Å². The number of nitrogens with zero attached hydrogens (tertiary/aromatic N) is 2. The van der Waals surface area contributed by atoms with Gasteiger partial charge in [0.1, 0.15) is 0 Å². The van der Waals surface area contributed by atoms with Gasteiger partial charge in [-0.05, 0) is 12.3 Å². The summed E-state index contributed by atoms with van der Waals surface area (Å²) in [5.74, 6) is 0.447. The number of hydrogen-bond acceptors (Lipinski definition) is 3. The molecule has 0 aliphatic heterocycles. The predicted molar refractivity (Wildman–Crippen MR) is 44.5 cm³/mol. The molecule has 5 nitrogen and oxygen atoms in total. The fraction of sp³-hybridized carbons (Fsp3) is 0.667. The zero-order chi connectivity index (χ0) is 8.69. The number of hydrogen-bond donors (Lipinski definition) is 3. The topological polar surface area (TPSA) is 83.0 Å². The first-order chi connectivity index (χ1) is 5.16. The highest BCUT2D eigenvalue weighted by molar-refractivity contribution is 5.76. The summed E-state index contributed by atoms with van der Waals surface area (Å²) < 4.78 is 0. The largest absolute Gasteiger partial charge is 0.367 e. The molecule has 0 aliphatic rings. The molecule has 0 aromatic heterocycles. The highest BCUT2D eigenvalue weighted by atomic mass is 16.5. The van der Waals surface area contributed by atoms with Gasteiger partial charge in [-0.3, -0.25) is 5.21 Å². The Kier molecular flexibility index (Phi) is 5.10. The van der Waals surface area contributed by atoms with Crippen molar-refractivity contribution in [3.8, 4) is 0 Å². The van der Waals surface area contributed by atoms with E-state index in [4.69, 9.17) is 10.9 Å². The smallest absolute Gasteiger partial charge is 0.237 e. The van der Waals surface area contributed by atoms with E-state index >= 15 is 0 Å². The van der Waals surface area contributed by atoms with Crippen molar-refractivity contribution >= 4 is 12.2 Å². The van der Waals surface area contributed by atoms with Gasteiger partial charge >= 0.3 is 0 Å². The third kappa shape index (κ3) is 6.79. The Morgan fingerprint density at radius 3 is 2.82 bits per heavy atom. The molecule has 0 aromatic rings. The summed E-state index contributed by atoms with van der Waals surface area (Å²) in [5.41, 5.74) is 6.73. The van der Waals surface area contributed by atoms with E-state index in [1.807, 2.05) is 0 Å². The highest BCUT2D eigenvalue weighted by Crippen LogP contribution is 1.94. The van der Waals surface area contributed by atoms with Crippen LogP contribution in [0.1, 0.15) is 20.3 Å². The zero-order valence-electron chi connectivity index (χ0n) is 6.78. The van der Waals surface area contributed by atoms with Gasteiger partial charge in [0, 0.05) is 6.21 Å². The summed E-state index contributed by atoms with van der Waals surface area (Å²) in [6.07, 6.45) is 2.50. The van der Waals surface area contributed by atoms with Crippen molar-refractivity contribution in [1.29, 1.82) is 0 Å². The SMILES string of the molecule is CC(C)C/C=N/N=C(/N)NO. The molecule has 0 aliphatic carbocycles. The third-order valence-corrected chi connectivity index (χ3v) is 0.938. The first-order valence-electron chi connectivity index (χ1n) is 3.42. The lowest BCUT2D eigenvalue weighted by atomic mass is 10.2. The van der Waals surface area contributed by atoms with Crippen LogP contribution >= 0.6 is 0 Å². The number of nitrogens with one attached hydrogen (secondary N) is 1. The summed E-state index contributed by atoms with van der Waals surface area (Å²) in [6, 6.07) is 0. The predicted octanol–water partition coefficient (Wildman–Crippen LogP) is 0.312. The minimum atomic E-state index is -0.106. The minimum absolute atomic E-state index is 0.106. The standard InChI is InChI=1S/C6H14N4O/c1-5(2)3-4-8-9-6(7)10-11/h4-5,11H,3H2,1-2H3,(H3,7,9,10)/b8-4+. The average molecular weight is 158 g/mol. The van der Waals surface area contributed by atoms with Gasteiger partial charge in [0.2, 0.25) is 5.96 Å². The molecule has 11 heavy (non-hydrogen) atoms. The van der Waals surface area contributed by atoms with Crippen molar-refractivity contribution in [3.05, 3.63) is 0 Å². The molecule has 0 heterocycles. The van der Waals surface area contributed by atoms with E-state index in [-0.39, 0.29) is 5.96 Å². The van der Waals surface area contributed by atoms with Crippen LogP contribution in [0.4, 0.5) is 0 Å². The number of guanidine groups is 1. The lowest BCUT2D eigenvalue weighted by molar-refractivity contribution is 0.232. The molecule has 0 fully saturated rings. The lowest BCUT2D eigenvalue weighted by Crippen LogP contribution is -2.27. The summed E-state index contributed by atoms with van der Waals surface area (Å²) in [4.78, 5) is 0. The molecule has 0 saturated carbocycles. The van der Waals surface area contributed by atoms with Crippen LogP contribution in [0.2, 0.25) is 0 Å². The Bertz CT molecular complexity index is 153. The van der Waals surface area contributed by atoms with Crippen LogP contribution in [-0.4, -0.2) is 17.4 Å². The van der Waals surface area contributed by atoms with E-state index in [1.54, 1.807) is 11.7 Å². The average Bonchev–Trinajstić information content (AvgIpc) is 1.97. The molecule has 0 saturated heterocycles. The lowest BCUT2D eigenvalue weighted by Gasteiger charge is -1.94. The molecule has 64 valence electrons. The van der Waals surface area contributed by atoms with Crippen LogP contribution in [0.25, 0.3) is 0 Å².